The smallest absolute Gasteiger partial charge is 0.337 e. The number of hydrogen-bond acceptors (Lipinski definition) is 6. The van der Waals surface area contributed by atoms with Gasteiger partial charge in [0.25, 0.3) is 0 Å². The zero-order valence-electron chi connectivity index (χ0n) is 15.5. The van der Waals surface area contributed by atoms with E-state index in [1.165, 1.54) is 7.11 Å². The van der Waals surface area contributed by atoms with Gasteiger partial charge in [0.05, 0.1) is 23.8 Å². The Bertz CT molecular complexity index is 931. The van der Waals surface area contributed by atoms with Crippen LogP contribution in [0, 0.1) is 0 Å². The van der Waals surface area contributed by atoms with E-state index in [4.69, 9.17) is 14.7 Å². The summed E-state index contributed by atoms with van der Waals surface area (Å²) in [5.41, 5.74) is 3.10. The number of nitrogens with zero attached hydrogens (tertiary/aromatic N) is 4. The molecule has 7 heteroatoms. The number of hydrogen-bond donors (Lipinski definition) is 1. The van der Waals surface area contributed by atoms with Crippen molar-refractivity contribution in [3.05, 3.63) is 35.5 Å². The second-order valence-corrected chi connectivity index (χ2v) is 6.01. The van der Waals surface area contributed by atoms with Gasteiger partial charge in [0, 0.05) is 19.2 Å². The van der Waals surface area contributed by atoms with Gasteiger partial charge >= 0.3 is 5.97 Å². The van der Waals surface area contributed by atoms with Crippen LogP contribution < -0.4 is 5.32 Å². The van der Waals surface area contributed by atoms with Crippen molar-refractivity contribution in [3.63, 3.8) is 0 Å². The largest absolute Gasteiger partial charge is 0.465 e. The van der Waals surface area contributed by atoms with Crippen molar-refractivity contribution in [1.82, 2.24) is 19.7 Å². The summed E-state index contributed by atoms with van der Waals surface area (Å²) in [5, 5.41) is 8.94. The zero-order valence-corrected chi connectivity index (χ0v) is 15.5. The molecule has 2 heterocycles. The average Bonchev–Trinajstić information content (AvgIpc) is 3.01. The number of benzene rings is 1. The molecule has 1 N–H and O–H groups in total. The highest BCUT2D eigenvalue weighted by Crippen LogP contribution is 2.28. The average molecular weight is 353 g/mol. The molecular formula is C19H23N5O2. The molecule has 0 amide bonds. The predicted octanol–water partition coefficient (Wildman–Crippen LogP) is 3.20. The highest BCUT2D eigenvalue weighted by atomic mass is 16.5. The Kier molecular flexibility index (Phi) is 5.16. The van der Waals surface area contributed by atoms with Gasteiger partial charge in [-0.05, 0) is 25.0 Å². The Morgan fingerprint density at radius 1 is 1.19 bits per heavy atom. The monoisotopic (exact) mass is 353 g/mol. The Morgan fingerprint density at radius 3 is 2.54 bits per heavy atom. The van der Waals surface area contributed by atoms with E-state index in [-0.39, 0.29) is 5.97 Å². The quantitative estimate of drug-likeness (QED) is 0.685. The molecule has 0 aliphatic carbocycles. The Hall–Kier alpha value is -2.96. The third kappa shape index (κ3) is 3.24. The summed E-state index contributed by atoms with van der Waals surface area (Å²) in [6.07, 6.45) is 1.81. The molecule has 7 nitrogen and oxygen atoms in total. The number of fused-ring (bicyclic) bond motifs is 1. The normalized spacial score (nSPS) is 10.9. The summed E-state index contributed by atoms with van der Waals surface area (Å²) in [7, 11) is 3.26. The van der Waals surface area contributed by atoms with E-state index in [2.05, 4.69) is 24.3 Å². The van der Waals surface area contributed by atoms with Crippen molar-refractivity contribution >= 4 is 22.8 Å². The lowest BCUT2D eigenvalue weighted by atomic mass is 10.1. The molecule has 136 valence electrons. The summed E-state index contributed by atoms with van der Waals surface area (Å²) < 4.78 is 6.53. The summed E-state index contributed by atoms with van der Waals surface area (Å²) in [6, 6.07) is 7.09. The van der Waals surface area contributed by atoms with E-state index in [9.17, 15) is 4.79 Å². The molecule has 0 bridgehead atoms. The van der Waals surface area contributed by atoms with Gasteiger partial charge in [-0.3, -0.25) is 0 Å². The van der Waals surface area contributed by atoms with Crippen LogP contribution in [0.3, 0.4) is 0 Å². The summed E-state index contributed by atoms with van der Waals surface area (Å²) in [4.78, 5) is 21.1. The van der Waals surface area contributed by atoms with Crippen LogP contribution in [0.2, 0.25) is 0 Å². The number of carbonyl (C=O) groups is 1. The molecule has 0 atom stereocenters. The molecule has 2 aromatic heterocycles. The van der Waals surface area contributed by atoms with Crippen LogP contribution in [0.25, 0.3) is 22.4 Å². The standard InChI is InChI=1S/C19H23N5O2/c1-5-11-20-17-15-14(6-2)23-24(3)18(15)22-16(21-17)12-7-9-13(10-8-12)19(25)26-4/h7-10H,5-6,11H2,1-4H3,(H,20,21,22). The lowest BCUT2D eigenvalue weighted by molar-refractivity contribution is 0.0601. The van der Waals surface area contributed by atoms with Gasteiger partial charge in [0.1, 0.15) is 5.82 Å². The number of aryl methyl sites for hydroxylation is 2. The Balaban J connectivity index is 2.11. The third-order valence-corrected chi connectivity index (χ3v) is 4.20. The van der Waals surface area contributed by atoms with E-state index in [1.54, 1.807) is 16.8 Å². The molecule has 26 heavy (non-hydrogen) atoms. The van der Waals surface area contributed by atoms with E-state index in [0.717, 1.165) is 47.5 Å². The van der Waals surface area contributed by atoms with E-state index < -0.39 is 0 Å². The molecular weight excluding hydrogens is 330 g/mol. The molecule has 3 rings (SSSR count). The number of anilines is 1. The number of aromatic nitrogens is 4. The summed E-state index contributed by atoms with van der Waals surface area (Å²) >= 11 is 0. The maximum Gasteiger partial charge on any atom is 0.337 e. The zero-order chi connectivity index (χ0) is 18.7. The fraction of sp³-hybridized carbons (Fsp3) is 0.368. The van der Waals surface area contributed by atoms with E-state index in [0.29, 0.717) is 11.4 Å². The second-order valence-electron chi connectivity index (χ2n) is 6.01. The van der Waals surface area contributed by atoms with Crippen molar-refractivity contribution < 1.29 is 9.53 Å². The topological polar surface area (TPSA) is 81.9 Å². The van der Waals surface area contributed by atoms with Crippen molar-refractivity contribution in [2.45, 2.75) is 26.7 Å². The SMILES string of the molecule is CCCNc1nc(-c2ccc(C(=O)OC)cc2)nc2c1c(CC)nn2C. The summed E-state index contributed by atoms with van der Waals surface area (Å²) in [6.45, 7) is 5.01. The van der Waals surface area contributed by atoms with Gasteiger partial charge in [0.2, 0.25) is 0 Å². The van der Waals surface area contributed by atoms with E-state index >= 15 is 0 Å². The third-order valence-electron chi connectivity index (χ3n) is 4.20. The highest BCUT2D eigenvalue weighted by molar-refractivity contribution is 5.92. The molecule has 0 aliphatic rings. The van der Waals surface area contributed by atoms with Gasteiger partial charge in [-0.15, -0.1) is 0 Å². The number of esters is 1. The molecule has 0 fully saturated rings. The van der Waals surface area contributed by atoms with Crippen LogP contribution in [0.1, 0.15) is 36.3 Å². The maximum absolute atomic E-state index is 11.6. The molecule has 0 saturated heterocycles. The number of rotatable bonds is 6. The molecule has 1 aromatic carbocycles. The first kappa shape index (κ1) is 17.8. The van der Waals surface area contributed by atoms with Crippen molar-refractivity contribution in [3.8, 4) is 11.4 Å². The number of ether oxygens (including phenoxy) is 1. The van der Waals surface area contributed by atoms with Crippen LogP contribution in [0.5, 0.6) is 0 Å². The number of nitrogens with one attached hydrogen (secondary N) is 1. The van der Waals surface area contributed by atoms with Gasteiger partial charge in [-0.1, -0.05) is 26.0 Å². The first-order valence-electron chi connectivity index (χ1n) is 8.75. The van der Waals surface area contributed by atoms with Crippen LogP contribution in [-0.2, 0) is 18.2 Å². The van der Waals surface area contributed by atoms with Gasteiger partial charge in [-0.25, -0.2) is 19.4 Å². The predicted molar refractivity (Wildman–Crippen MR) is 101 cm³/mol. The van der Waals surface area contributed by atoms with Crippen LogP contribution >= 0.6 is 0 Å². The lowest BCUT2D eigenvalue weighted by Gasteiger charge is -2.09. The number of methoxy groups -OCH3 is 1. The van der Waals surface area contributed by atoms with Crippen molar-refractivity contribution in [2.75, 3.05) is 19.0 Å². The molecule has 0 unspecified atom stereocenters. The van der Waals surface area contributed by atoms with Crippen LogP contribution in [0.4, 0.5) is 5.82 Å². The molecule has 0 aliphatic heterocycles. The first-order valence-corrected chi connectivity index (χ1v) is 8.75. The van der Waals surface area contributed by atoms with E-state index in [1.807, 2.05) is 19.2 Å². The lowest BCUT2D eigenvalue weighted by Crippen LogP contribution is -2.06. The minimum Gasteiger partial charge on any atom is -0.465 e. The molecule has 3 aromatic rings. The Morgan fingerprint density at radius 2 is 1.92 bits per heavy atom. The fourth-order valence-corrected chi connectivity index (χ4v) is 2.85. The fourth-order valence-electron chi connectivity index (χ4n) is 2.85. The van der Waals surface area contributed by atoms with Crippen LogP contribution in [0.15, 0.2) is 24.3 Å². The van der Waals surface area contributed by atoms with Crippen molar-refractivity contribution in [2.24, 2.45) is 7.05 Å². The number of carbonyl (C=O) groups excluding carboxylic acids is 1. The minimum absolute atomic E-state index is 0.363. The van der Waals surface area contributed by atoms with Gasteiger partial charge < -0.3 is 10.1 Å². The maximum atomic E-state index is 11.6. The van der Waals surface area contributed by atoms with Crippen LogP contribution in [-0.4, -0.2) is 39.4 Å². The van der Waals surface area contributed by atoms with Gasteiger partial charge in [-0.2, -0.15) is 5.10 Å². The summed E-state index contributed by atoms with van der Waals surface area (Å²) in [5.74, 6) is 1.03. The highest BCUT2D eigenvalue weighted by Gasteiger charge is 2.17. The molecule has 0 radical (unpaired) electrons. The first-order chi connectivity index (χ1) is 12.6. The van der Waals surface area contributed by atoms with Gasteiger partial charge in [0.15, 0.2) is 11.5 Å². The molecule has 0 spiro atoms. The second kappa shape index (κ2) is 7.51. The molecule has 0 saturated carbocycles. The Labute approximate surface area is 152 Å². The minimum atomic E-state index is -0.363. The van der Waals surface area contributed by atoms with Crippen molar-refractivity contribution in [1.29, 1.82) is 0 Å².